The first-order valence-electron chi connectivity index (χ1n) is 6.65. The highest BCUT2D eigenvalue weighted by atomic mass is 32.1. The van der Waals surface area contributed by atoms with E-state index < -0.39 is 0 Å². The lowest BCUT2D eigenvalue weighted by Crippen LogP contribution is -2.32. The average Bonchev–Trinajstić information content (AvgIpc) is 2.64. The molecule has 102 valence electrons. The number of carbonyl (C=O) groups is 1. The SMILES string of the molecule is CC(C)(C)C[C@@H](Cc1ccsc1)C(=O)C(C)(C)C. The van der Waals surface area contributed by atoms with Crippen LogP contribution in [0.4, 0.5) is 0 Å². The highest BCUT2D eigenvalue weighted by molar-refractivity contribution is 7.07. The van der Waals surface area contributed by atoms with E-state index in [1.807, 2.05) is 20.8 Å². The van der Waals surface area contributed by atoms with Crippen LogP contribution in [0.3, 0.4) is 0 Å². The van der Waals surface area contributed by atoms with E-state index in [1.165, 1.54) is 5.56 Å². The molecule has 18 heavy (non-hydrogen) atoms. The van der Waals surface area contributed by atoms with Crippen LogP contribution < -0.4 is 0 Å². The topological polar surface area (TPSA) is 17.1 Å². The van der Waals surface area contributed by atoms with Crippen molar-refractivity contribution in [3.63, 3.8) is 0 Å². The van der Waals surface area contributed by atoms with E-state index in [0.717, 1.165) is 12.8 Å². The first kappa shape index (κ1) is 15.4. The fraction of sp³-hybridized carbons (Fsp3) is 0.688. The summed E-state index contributed by atoms with van der Waals surface area (Å²) in [6, 6.07) is 2.14. The van der Waals surface area contributed by atoms with Crippen LogP contribution in [-0.2, 0) is 11.2 Å². The molecule has 1 aromatic rings. The Morgan fingerprint density at radius 1 is 1.22 bits per heavy atom. The van der Waals surface area contributed by atoms with E-state index in [2.05, 4.69) is 37.6 Å². The first-order chi connectivity index (χ1) is 8.09. The molecular formula is C16H26OS. The van der Waals surface area contributed by atoms with E-state index >= 15 is 0 Å². The molecule has 1 heterocycles. The lowest BCUT2D eigenvalue weighted by molar-refractivity contribution is -0.131. The van der Waals surface area contributed by atoms with Gasteiger partial charge in [-0.1, -0.05) is 41.5 Å². The Morgan fingerprint density at radius 3 is 2.22 bits per heavy atom. The van der Waals surface area contributed by atoms with Crippen LogP contribution in [0, 0.1) is 16.7 Å². The van der Waals surface area contributed by atoms with Crippen molar-refractivity contribution in [2.45, 2.75) is 54.4 Å². The van der Waals surface area contributed by atoms with Crippen LogP contribution in [0.15, 0.2) is 16.8 Å². The van der Waals surface area contributed by atoms with E-state index in [9.17, 15) is 4.79 Å². The van der Waals surface area contributed by atoms with Gasteiger partial charge in [-0.25, -0.2) is 0 Å². The maximum absolute atomic E-state index is 12.6. The minimum atomic E-state index is -0.244. The van der Waals surface area contributed by atoms with Crippen LogP contribution in [-0.4, -0.2) is 5.78 Å². The van der Waals surface area contributed by atoms with Gasteiger partial charge in [-0.2, -0.15) is 11.3 Å². The Kier molecular flexibility index (Phi) is 4.77. The molecule has 1 rings (SSSR count). The number of thiophene rings is 1. The Morgan fingerprint density at radius 2 is 1.83 bits per heavy atom. The molecule has 0 N–H and O–H groups in total. The van der Waals surface area contributed by atoms with Crippen molar-refractivity contribution in [2.24, 2.45) is 16.7 Å². The standard InChI is InChI=1S/C16H26OS/c1-15(2,3)10-13(14(17)16(4,5)6)9-12-7-8-18-11-12/h7-8,11,13H,9-10H2,1-6H3/t13-/m1/s1. The van der Waals surface area contributed by atoms with Gasteiger partial charge in [-0.15, -0.1) is 0 Å². The van der Waals surface area contributed by atoms with Crippen molar-refractivity contribution in [1.29, 1.82) is 0 Å². The molecule has 1 aromatic heterocycles. The number of ketones is 1. The monoisotopic (exact) mass is 266 g/mol. The molecular weight excluding hydrogens is 240 g/mol. The summed E-state index contributed by atoms with van der Waals surface area (Å²) in [7, 11) is 0. The van der Waals surface area contributed by atoms with Gasteiger partial charge in [0.05, 0.1) is 0 Å². The smallest absolute Gasteiger partial charge is 0.141 e. The van der Waals surface area contributed by atoms with Gasteiger partial charge in [0.2, 0.25) is 0 Å². The Hall–Kier alpha value is -0.630. The van der Waals surface area contributed by atoms with Gasteiger partial charge in [0, 0.05) is 11.3 Å². The van der Waals surface area contributed by atoms with E-state index in [1.54, 1.807) is 11.3 Å². The summed E-state index contributed by atoms with van der Waals surface area (Å²) in [6.07, 6.45) is 1.84. The Bertz CT molecular complexity index is 376. The molecule has 2 heteroatoms. The van der Waals surface area contributed by atoms with E-state index in [4.69, 9.17) is 0 Å². The molecule has 0 aliphatic heterocycles. The maximum atomic E-state index is 12.6. The minimum absolute atomic E-state index is 0.139. The summed E-state index contributed by atoms with van der Waals surface area (Å²) >= 11 is 1.71. The van der Waals surface area contributed by atoms with Gasteiger partial charge in [-0.3, -0.25) is 4.79 Å². The van der Waals surface area contributed by atoms with Gasteiger partial charge in [-0.05, 0) is 40.6 Å². The molecule has 0 aromatic carbocycles. The number of hydrogen-bond acceptors (Lipinski definition) is 2. The molecule has 0 saturated heterocycles. The van der Waals surface area contributed by atoms with Crippen LogP contribution in [0.25, 0.3) is 0 Å². The first-order valence-corrected chi connectivity index (χ1v) is 7.59. The zero-order valence-corrected chi connectivity index (χ0v) is 13.4. The fourth-order valence-corrected chi connectivity index (χ4v) is 2.98. The fourth-order valence-electron chi connectivity index (χ4n) is 2.30. The quantitative estimate of drug-likeness (QED) is 0.753. The summed E-state index contributed by atoms with van der Waals surface area (Å²) in [5, 5.41) is 4.25. The van der Waals surface area contributed by atoms with Crippen LogP contribution in [0.2, 0.25) is 0 Å². The van der Waals surface area contributed by atoms with E-state index in [0.29, 0.717) is 5.78 Å². The van der Waals surface area contributed by atoms with Crippen LogP contribution in [0.1, 0.15) is 53.5 Å². The second kappa shape index (κ2) is 5.56. The van der Waals surface area contributed by atoms with Crippen molar-refractivity contribution >= 4 is 17.1 Å². The molecule has 1 nitrogen and oxygen atoms in total. The third kappa shape index (κ3) is 4.93. The van der Waals surface area contributed by atoms with Gasteiger partial charge >= 0.3 is 0 Å². The molecule has 1 atom stereocenters. The number of hydrogen-bond donors (Lipinski definition) is 0. The molecule has 0 radical (unpaired) electrons. The molecule has 0 saturated carbocycles. The average molecular weight is 266 g/mol. The lowest BCUT2D eigenvalue weighted by Gasteiger charge is -2.29. The van der Waals surface area contributed by atoms with Gasteiger partial charge in [0.15, 0.2) is 0 Å². The summed E-state index contributed by atoms with van der Waals surface area (Å²) in [4.78, 5) is 12.6. The summed E-state index contributed by atoms with van der Waals surface area (Å²) in [6.45, 7) is 12.7. The summed E-state index contributed by atoms with van der Waals surface area (Å²) in [5.41, 5.74) is 1.25. The molecule has 0 fully saturated rings. The number of rotatable bonds is 4. The maximum Gasteiger partial charge on any atom is 0.141 e. The normalized spacial score (nSPS) is 14.6. The Labute approximate surface area is 116 Å². The van der Waals surface area contributed by atoms with Gasteiger partial charge in [0.1, 0.15) is 5.78 Å². The zero-order valence-electron chi connectivity index (χ0n) is 12.5. The molecule has 0 aliphatic rings. The minimum Gasteiger partial charge on any atom is -0.299 e. The van der Waals surface area contributed by atoms with Crippen molar-refractivity contribution < 1.29 is 4.79 Å². The van der Waals surface area contributed by atoms with E-state index in [-0.39, 0.29) is 16.7 Å². The molecule has 0 amide bonds. The van der Waals surface area contributed by atoms with Gasteiger partial charge < -0.3 is 0 Å². The predicted molar refractivity (Wildman–Crippen MR) is 80.0 cm³/mol. The van der Waals surface area contributed by atoms with Crippen molar-refractivity contribution in [3.05, 3.63) is 22.4 Å². The second-order valence-electron chi connectivity index (χ2n) is 7.41. The predicted octanol–water partition coefficient (Wildman–Crippen LogP) is 4.96. The molecule has 0 aliphatic carbocycles. The lowest BCUT2D eigenvalue weighted by atomic mass is 9.74. The van der Waals surface area contributed by atoms with Crippen LogP contribution in [0.5, 0.6) is 0 Å². The van der Waals surface area contributed by atoms with Crippen molar-refractivity contribution in [3.8, 4) is 0 Å². The summed E-state index contributed by atoms with van der Waals surface area (Å²) < 4.78 is 0. The zero-order chi connectivity index (χ0) is 14.0. The second-order valence-corrected chi connectivity index (χ2v) is 8.19. The molecule has 0 bridgehead atoms. The van der Waals surface area contributed by atoms with Crippen molar-refractivity contribution in [1.82, 2.24) is 0 Å². The van der Waals surface area contributed by atoms with Gasteiger partial charge in [0.25, 0.3) is 0 Å². The third-order valence-electron chi connectivity index (χ3n) is 3.03. The largest absolute Gasteiger partial charge is 0.299 e. The van der Waals surface area contributed by atoms with Crippen LogP contribution >= 0.6 is 11.3 Å². The Balaban J connectivity index is 2.85. The molecule has 0 unspecified atom stereocenters. The number of Topliss-reactive ketones (excluding diaryl/α,β-unsaturated/α-hetero) is 1. The highest BCUT2D eigenvalue weighted by Gasteiger charge is 2.32. The molecule has 0 spiro atoms. The number of carbonyl (C=O) groups excluding carboxylic acids is 1. The third-order valence-corrected chi connectivity index (χ3v) is 3.76. The highest BCUT2D eigenvalue weighted by Crippen LogP contribution is 2.32. The van der Waals surface area contributed by atoms with Crippen molar-refractivity contribution in [2.75, 3.05) is 0 Å². The summed E-state index contributed by atoms with van der Waals surface area (Å²) in [5.74, 6) is 0.531.